The molecule has 0 saturated carbocycles. The molecule has 2 aromatic rings. The average molecular weight is 359 g/mol. The average Bonchev–Trinajstić information content (AvgIpc) is 2.86. The summed E-state index contributed by atoms with van der Waals surface area (Å²) in [5.74, 6) is 3.71. The molecule has 24 heavy (non-hydrogen) atoms. The number of nitrogens with two attached hydrogens (primary N) is 1. The second-order valence-corrected chi connectivity index (χ2v) is 6.20. The van der Waals surface area contributed by atoms with E-state index in [1.54, 1.807) is 12.1 Å². The number of amides is 1. The molecule has 0 aliphatic heterocycles. The van der Waals surface area contributed by atoms with Crippen LogP contribution >= 0.6 is 11.8 Å². The number of hydrogen-bond donors (Lipinski definition) is 2. The van der Waals surface area contributed by atoms with E-state index in [2.05, 4.69) is 15.5 Å². The maximum Gasteiger partial charge on any atom is 0.453 e. The van der Waals surface area contributed by atoms with Gasteiger partial charge < -0.3 is 11.2 Å². The minimum atomic E-state index is -4.70. The minimum Gasteiger partial charge on any atom is -0.335 e. The number of rotatable bonds is 5. The minimum absolute atomic E-state index is 0.139. The molecule has 2 rings (SSSR count). The number of aromatic nitrogens is 3. The molecule has 10 heteroatoms. The Morgan fingerprint density at radius 1 is 1.33 bits per heavy atom. The van der Waals surface area contributed by atoms with Crippen molar-refractivity contribution in [1.82, 2.24) is 14.9 Å². The molecule has 0 spiro atoms. The van der Waals surface area contributed by atoms with E-state index >= 15 is 0 Å². The quantitative estimate of drug-likeness (QED) is 0.633. The molecule has 0 atom stereocenters. The zero-order valence-electron chi connectivity index (χ0n) is 13.0. The smallest absolute Gasteiger partial charge is 0.335 e. The lowest BCUT2D eigenvalue weighted by atomic mass is 10.0. The highest BCUT2D eigenvalue weighted by Gasteiger charge is 2.38. The monoisotopic (exact) mass is 359 g/mol. The van der Waals surface area contributed by atoms with Crippen molar-refractivity contribution in [3.05, 3.63) is 35.7 Å². The molecule has 0 unspecified atom stereocenters. The Bertz CT molecular complexity index is 729. The predicted molar refractivity (Wildman–Crippen MR) is 85.1 cm³/mol. The SMILES string of the molecule is CC(C)c1ccccc1NC(=O)CSc1nnc(C(F)(F)F)n1N. The standard InChI is InChI=1S/C14H16F3N5OS/c1-8(2)9-5-3-4-6-10(9)19-11(23)7-24-13-21-20-12(22(13)18)14(15,16)17/h3-6,8H,7,18H2,1-2H3,(H,19,23). The second kappa shape index (κ2) is 7.12. The van der Waals surface area contributed by atoms with E-state index in [9.17, 15) is 18.0 Å². The molecule has 0 bridgehead atoms. The van der Waals surface area contributed by atoms with E-state index in [4.69, 9.17) is 5.84 Å². The van der Waals surface area contributed by atoms with Crippen molar-refractivity contribution < 1.29 is 18.0 Å². The molecule has 0 fully saturated rings. The van der Waals surface area contributed by atoms with Crippen molar-refractivity contribution >= 4 is 23.4 Å². The van der Waals surface area contributed by atoms with Gasteiger partial charge in [-0.25, -0.2) is 4.68 Å². The Labute approximate surface area is 140 Å². The van der Waals surface area contributed by atoms with Crippen LogP contribution in [0.25, 0.3) is 0 Å². The van der Waals surface area contributed by atoms with Gasteiger partial charge in [0.1, 0.15) is 0 Å². The van der Waals surface area contributed by atoms with Crippen LogP contribution in [0.15, 0.2) is 29.4 Å². The van der Waals surface area contributed by atoms with Crippen molar-refractivity contribution in [3.63, 3.8) is 0 Å². The molecular weight excluding hydrogens is 343 g/mol. The van der Waals surface area contributed by atoms with Crippen LogP contribution in [0.3, 0.4) is 0 Å². The highest BCUT2D eigenvalue weighted by atomic mass is 32.2. The first-order chi connectivity index (χ1) is 11.2. The lowest BCUT2D eigenvalue weighted by Gasteiger charge is -2.13. The van der Waals surface area contributed by atoms with Gasteiger partial charge in [-0.15, -0.1) is 10.2 Å². The van der Waals surface area contributed by atoms with E-state index in [1.165, 1.54) is 0 Å². The van der Waals surface area contributed by atoms with Gasteiger partial charge in [0.2, 0.25) is 11.1 Å². The van der Waals surface area contributed by atoms with Gasteiger partial charge in [-0.2, -0.15) is 13.2 Å². The van der Waals surface area contributed by atoms with Gasteiger partial charge in [-0.1, -0.05) is 43.8 Å². The van der Waals surface area contributed by atoms with Gasteiger partial charge in [0.15, 0.2) is 0 Å². The Morgan fingerprint density at radius 2 is 2.00 bits per heavy atom. The number of halogens is 3. The van der Waals surface area contributed by atoms with Crippen LogP contribution in [0, 0.1) is 0 Å². The number of carbonyl (C=O) groups is 1. The normalized spacial score (nSPS) is 11.8. The van der Waals surface area contributed by atoms with Crippen LogP contribution in [0.5, 0.6) is 0 Å². The third kappa shape index (κ3) is 4.19. The predicted octanol–water partition coefficient (Wildman–Crippen LogP) is 2.86. The number of nitrogens with zero attached hydrogens (tertiary/aromatic N) is 3. The second-order valence-electron chi connectivity index (χ2n) is 5.25. The zero-order valence-corrected chi connectivity index (χ0v) is 13.8. The third-order valence-corrected chi connectivity index (χ3v) is 4.05. The summed E-state index contributed by atoms with van der Waals surface area (Å²) >= 11 is 0.778. The number of nitrogen functional groups attached to an aromatic ring is 1. The highest BCUT2D eigenvalue weighted by molar-refractivity contribution is 7.99. The summed E-state index contributed by atoms with van der Waals surface area (Å²) in [7, 11) is 0. The van der Waals surface area contributed by atoms with Gasteiger partial charge in [-0.3, -0.25) is 4.79 Å². The van der Waals surface area contributed by atoms with Crippen LogP contribution in [0.4, 0.5) is 18.9 Å². The largest absolute Gasteiger partial charge is 0.453 e. The van der Waals surface area contributed by atoms with Crippen molar-refractivity contribution in [3.8, 4) is 0 Å². The molecule has 6 nitrogen and oxygen atoms in total. The van der Waals surface area contributed by atoms with Gasteiger partial charge in [0, 0.05) is 5.69 Å². The number of carbonyl (C=O) groups excluding carboxylic acids is 1. The summed E-state index contributed by atoms with van der Waals surface area (Å²) in [4.78, 5) is 12.0. The Hall–Kier alpha value is -2.23. The number of thioether (sulfide) groups is 1. The Kier molecular flexibility index (Phi) is 5.37. The highest BCUT2D eigenvalue weighted by Crippen LogP contribution is 2.29. The van der Waals surface area contributed by atoms with Crippen molar-refractivity contribution in [2.45, 2.75) is 31.1 Å². The number of anilines is 1. The molecule has 0 aliphatic carbocycles. The lowest BCUT2D eigenvalue weighted by Crippen LogP contribution is -2.22. The summed E-state index contributed by atoms with van der Waals surface area (Å²) in [6, 6.07) is 7.33. The van der Waals surface area contributed by atoms with Gasteiger partial charge in [-0.05, 0) is 17.5 Å². The molecule has 1 amide bonds. The number of para-hydroxylation sites is 1. The molecule has 3 N–H and O–H groups in total. The van der Waals surface area contributed by atoms with Crippen molar-refractivity contribution in [2.24, 2.45) is 0 Å². The first-order valence-corrected chi connectivity index (χ1v) is 7.98. The fourth-order valence-corrected chi connectivity index (χ4v) is 2.66. The third-order valence-electron chi connectivity index (χ3n) is 3.11. The molecule has 0 aliphatic rings. The summed E-state index contributed by atoms with van der Waals surface area (Å²) in [6.45, 7) is 3.99. The molecule has 1 aromatic carbocycles. The molecular formula is C14H16F3N5OS. The zero-order chi connectivity index (χ0) is 17.9. The maximum atomic E-state index is 12.6. The molecule has 0 saturated heterocycles. The summed E-state index contributed by atoms with van der Waals surface area (Å²) in [6.07, 6.45) is -4.70. The first kappa shape index (κ1) is 18.1. The number of hydrogen-bond acceptors (Lipinski definition) is 5. The Balaban J connectivity index is 2.01. The van der Waals surface area contributed by atoms with Crippen LogP contribution < -0.4 is 11.2 Å². The van der Waals surface area contributed by atoms with E-state index in [1.807, 2.05) is 26.0 Å². The van der Waals surface area contributed by atoms with E-state index in [0.717, 1.165) is 17.3 Å². The summed E-state index contributed by atoms with van der Waals surface area (Å²) in [5, 5.41) is 8.91. The maximum absolute atomic E-state index is 12.6. The summed E-state index contributed by atoms with van der Waals surface area (Å²) < 4.78 is 38.1. The number of alkyl halides is 3. The fourth-order valence-electron chi connectivity index (χ4n) is 2.00. The lowest BCUT2D eigenvalue weighted by molar-refractivity contribution is -0.146. The molecule has 130 valence electrons. The number of nitrogens with one attached hydrogen (secondary N) is 1. The molecule has 1 heterocycles. The van der Waals surface area contributed by atoms with Crippen LogP contribution in [0.2, 0.25) is 0 Å². The summed E-state index contributed by atoms with van der Waals surface area (Å²) in [5.41, 5.74) is 1.64. The van der Waals surface area contributed by atoms with Crippen LogP contribution in [0.1, 0.15) is 31.2 Å². The Morgan fingerprint density at radius 3 is 2.58 bits per heavy atom. The van der Waals surface area contributed by atoms with Crippen LogP contribution in [-0.2, 0) is 11.0 Å². The van der Waals surface area contributed by atoms with Gasteiger partial charge in [0.05, 0.1) is 5.75 Å². The first-order valence-electron chi connectivity index (χ1n) is 6.99. The van der Waals surface area contributed by atoms with Gasteiger partial charge in [0.25, 0.3) is 5.82 Å². The van der Waals surface area contributed by atoms with E-state index in [-0.39, 0.29) is 22.7 Å². The van der Waals surface area contributed by atoms with E-state index in [0.29, 0.717) is 10.4 Å². The van der Waals surface area contributed by atoms with Gasteiger partial charge >= 0.3 is 6.18 Å². The number of benzene rings is 1. The van der Waals surface area contributed by atoms with Crippen LogP contribution in [-0.4, -0.2) is 26.5 Å². The topological polar surface area (TPSA) is 85.8 Å². The fraction of sp³-hybridized carbons (Fsp3) is 0.357. The molecule has 0 radical (unpaired) electrons. The van der Waals surface area contributed by atoms with Crippen molar-refractivity contribution in [2.75, 3.05) is 16.9 Å². The van der Waals surface area contributed by atoms with E-state index < -0.39 is 12.0 Å². The molecule has 1 aromatic heterocycles. The van der Waals surface area contributed by atoms with Crippen molar-refractivity contribution in [1.29, 1.82) is 0 Å².